The van der Waals surface area contributed by atoms with Crippen molar-refractivity contribution in [2.24, 2.45) is 0 Å². The first-order valence-electron chi connectivity index (χ1n) is 9.56. The van der Waals surface area contributed by atoms with Crippen molar-refractivity contribution in [1.29, 1.82) is 0 Å². The number of anilines is 1. The lowest BCUT2D eigenvalue weighted by Crippen LogP contribution is -2.14. The number of carbonyl (C=O) groups is 1. The molecule has 30 heavy (non-hydrogen) atoms. The number of hydrogen-bond donors (Lipinski definition) is 1. The molecule has 2 aromatic carbocycles. The number of benzene rings is 2. The minimum atomic E-state index is -0.0800. The van der Waals surface area contributed by atoms with Gasteiger partial charge in [0.2, 0.25) is 5.91 Å². The van der Waals surface area contributed by atoms with Gasteiger partial charge in [-0.3, -0.25) is 14.3 Å². The van der Waals surface area contributed by atoms with E-state index in [1.54, 1.807) is 12.4 Å². The Labute approximate surface area is 179 Å². The summed E-state index contributed by atoms with van der Waals surface area (Å²) in [6.45, 7) is 2.63. The van der Waals surface area contributed by atoms with Crippen molar-refractivity contribution in [3.63, 3.8) is 0 Å². The maximum Gasteiger partial charge on any atom is 0.234 e. The van der Waals surface area contributed by atoms with E-state index in [1.165, 1.54) is 11.8 Å². The third-order valence-corrected chi connectivity index (χ3v) is 5.47. The molecule has 0 saturated heterocycles. The zero-order valence-corrected chi connectivity index (χ0v) is 17.3. The number of nitrogens with zero attached hydrogens (tertiary/aromatic N) is 4. The van der Waals surface area contributed by atoms with Gasteiger partial charge in [0.15, 0.2) is 11.0 Å². The number of hydrogen-bond acceptors (Lipinski definition) is 5. The molecule has 4 rings (SSSR count). The van der Waals surface area contributed by atoms with Crippen LogP contribution in [0.15, 0.2) is 84.3 Å². The Bertz CT molecular complexity index is 1110. The average molecular weight is 416 g/mol. The molecule has 0 fully saturated rings. The van der Waals surface area contributed by atoms with Crippen LogP contribution in [0.4, 0.5) is 5.69 Å². The molecule has 1 amide bonds. The Kier molecular flexibility index (Phi) is 6.20. The molecule has 0 aliphatic rings. The molecule has 0 aliphatic carbocycles. The molecule has 2 aromatic heterocycles. The standard InChI is InChI=1S/C23H21N5OS/c1-17-7-9-20(10-8-17)25-21(29)16-30-23-27-26-22(19-11-13-24-14-12-19)28(23)15-18-5-3-2-4-6-18/h2-14H,15-16H2,1H3,(H,25,29). The summed E-state index contributed by atoms with van der Waals surface area (Å²) in [4.78, 5) is 16.5. The molecule has 0 atom stereocenters. The van der Waals surface area contributed by atoms with Gasteiger partial charge in [0, 0.05) is 23.6 Å². The molecule has 7 heteroatoms. The molecule has 0 radical (unpaired) electrons. The molecular weight excluding hydrogens is 394 g/mol. The molecular formula is C23H21N5OS. The number of amides is 1. The van der Waals surface area contributed by atoms with Gasteiger partial charge in [0.05, 0.1) is 12.3 Å². The monoisotopic (exact) mass is 415 g/mol. The third kappa shape index (κ3) is 4.93. The second kappa shape index (κ2) is 9.37. The first-order chi connectivity index (χ1) is 14.7. The molecule has 0 spiro atoms. The van der Waals surface area contributed by atoms with Gasteiger partial charge in [-0.15, -0.1) is 10.2 Å². The summed E-state index contributed by atoms with van der Waals surface area (Å²) in [5.74, 6) is 0.920. The van der Waals surface area contributed by atoms with Gasteiger partial charge in [-0.05, 0) is 36.8 Å². The summed E-state index contributed by atoms with van der Waals surface area (Å²) in [5.41, 5.74) is 4.01. The molecule has 2 heterocycles. The van der Waals surface area contributed by atoms with Crippen LogP contribution in [-0.4, -0.2) is 31.4 Å². The zero-order chi connectivity index (χ0) is 20.8. The number of pyridine rings is 1. The second-order valence-electron chi connectivity index (χ2n) is 6.82. The fourth-order valence-electron chi connectivity index (χ4n) is 2.98. The fraction of sp³-hybridized carbons (Fsp3) is 0.130. The Hall–Kier alpha value is -3.45. The SMILES string of the molecule is Cc1ccc(NC(=O)CSc2nnc(-c3ccncc3)n2Cc2ccccc2)cc1. The molecule has 0 saturated carbocycles. The highest BCUT2D eigenvalue weighted by Gasteiger charge is 2.16. The number of thioether (sulfide) groups is 1. The minimum Gasteiger partial charge on any atom is -0.325 e. The van der Waals surface area contributed by atoms with Crippen LogP contribution in [0.2, 0.25) is 0 Å². The second-order valence-corrected chi connectivity index (χ2v) is 7.76. The Balaban J connectivity index is 1.52. The number of carbonyl (C=O) groups excluding carboxylic acids is 1. The van der Waals surface area contributed by atoms with Crippen LogP contribution < -0.4 is 5.32 Å². The van der Waals surface area contributed by atoms with E-state index in [-0.39, 0.29) is 11.7 Å². The van der Waals surface area contributed by atoms with Crippen LogP contribution in [0.3, 0.4) is 0 Å². The average Bonchev–Trinajstić information content (AvgIpc) is 3.17. The van der Waals surface area contributed by atoms with E-state index in [1.807, 2.05) is 66.1 Å². The molecule has 1 N–H and O–H groups in total. The summed E-state index contributed by atoms with van der Waals surface area (Å²) in [6.07, 6.45) is 3.47. The molecule has 4 aromatic rings. The normalized spacial score (nSPS) is 10.7. The van der Waals surface area contributed by atoms with Gasteiger partial charge < -0.3 is 5.32 Å². The highest BCUT2D eigenvalue weighted by atomic mass is 32.2. The van der Waals surface area contributed by atoms with E-state index in [4.69, 9.17) is 0 Å². The minimum absolute atomic E-state index is 0.0800. The van der Waals surface area contributed by atoms with Gasteiger partial charge in [0.1, 0.15) is 0 Å². The molecule has 150 valence electrons. The van der Waals surface area contributed by atoms with E-state index in [2.05, 4.69) is 32.6 Å². The van der Waals surface area contributed by atoms with Gasteiger partial charge in [0.25, 0.3) is 0 Å². The first-order valence-corrected chi connectivity index (χ1v) is 10.5. The van der Waals surface area contributed by atoms with Crippen molar-refractivity contribution in [1.82, 2.24) is 19.7 Å². The highest BCUT2D eigenvalue weighted by molar-refractivity contribution is 7.99. The van der Waals surface area contributed by atoms with Crippen LogP contribution in [0.5, 0.6) is 0 Å². The number of aryl methyl sites for hydroxylation is 1. The zero-order valence-electron chi connectivity index (χ0n) is 16.5. The van der Waals surface area contributed by atoms with E-state index in [9.17, 15) is 4.79 Å². The van der Waals surface area contributed by atoms with Crippen LogP contribution in [0.1, 0.15) is 11.1 Å². The molecule has 0 unspecified atom stereocenters. The molecule has 6 nitrogen and oxygen atoms in total. The Morgan fingerprint density at radius 3 is 2.43 bits per heavy atom. The van der Waals surface area contributed by atoms with Crippen LogP contribution in [-0.2, 0) is 11.3 Å². The van der Waals surface area contributed by atoms with Crippen LogP contribution in [0.25, 0.3) is 11.4 Å². The highest BCUT2D eigenvalue weighted by Crippen LogP contribution is 2.25. The summed E-state index contributed by atoms with van der Waals surface area (Å²) in [7, 11) is 0. The van der Waals surface area contributed by atoms with E-state index in [0.717, 1.165) is 28.2 Å². The maximum absolute atomic E-state index is 12.4. The lowest BCUT2D eigenvalue weighted by atomic mass is 10.2. The number of rotatable bonds is 7. The van der Waals surface area contributed by atoms with Crippen molar-refractivity contribution in [3.05, 3.63) is 90.3 Å². The summed E-state index contributed by atoms with van der Waals surface area (Å²) in [5, 5.41) is 12.4. The molecule has 0 bridgehead atoms. The van der Waals surface area contributed by atoms with Gasteiger partial charge in [-0.1, -0.05) is 59.8 Å². The predicted octanol–water partition coefficient (Wildman–Crippen LogP) is 4.43. The van der Waals surface area contributed by atoms with Gasteiger partial charge >= 0.3 is 0 Å². The Morgan fingerprint density at radius 2 is 1.70 bits per heavy atom. The predicted molar refractivity (Wildman–Crippen MR) is 119 cm³/mol. The molecule has 0 aliphatic heterocycles. The number of nitrogens with one attached hydrogen (secondary N) is 1. The number of aromatic nitrogens is 4. The van der Waals surface area contributed by atoms with Gasteiger partial charge in [-0.25, -0.2) is 0 Å². The van der Waals surface area contributed by atoms with E-state index < -0.39 is 0 Å². The van der Waals surface area contributed by atoms with E-state index in [0.29, 0.717) is 11.7 Å². The maximum atomic E-state index is 12.4. The van der Waals surface area contributed by atoms with Crippen LogP contribution in [0, 0.1) is 6.92 Å². The van der Waals surface area contributed by atoms with Crippen molar-refractivity contribution in [2.45, 2.75) is 18.6 Å². The van der Waals surface area contributed by atoms with Crippen molar-refractivity contribution >= 4 is 23.4 Å². The first kappa shape index (κ1) is 19.8. The summed E-state index contributed by atoms with van der Waals surface area (Å²) < 4.78 is 2.04. The van der Waals surface area contributed by atoms with Gasteiger partial charge in [-0.2, -0.15) is 0 Å². The van der Waals surface area contributed by atoms with Crippen molar-refractivity contribution in [2.75, 3.05) is 11.1 Å². The van der Waals surface area contributed by atoms with E-state index >= 15 is 0 Å². The summed E-state index contributed by atoms with van der Waals surface area (Å²) in [6, 6.07) is 21.7. The quantitative estimate of drug-likeness (QED) is 0.452. The van der Waals surface area contributed by atoms with Crippen molar-refractivity contribution < 1.29 is 4.79 Å². The van der Waals surface area contributed by atoms with Crippen LogP contribution >= 0.6 is 11.8 Å². The van der Waals surface area contributed by atoms with Crippen molar-refractivity contribution in [3.8, 4) is 11.4 Å². The smallest absolute Gasteiger partial charge is 0.234 e. The largest absolute Gasteiger partial charge is 0.325 e. The lowest BCUT2D eigenvalue weighted by molar-refractivity contribution is -0.113. The third-order valence-electron chi connectivity index (χ3n) is 4.51. The Morgan fingerprint density at radius 1 is 0.967 bits per heavy atom. The summed E-state index contributed by atoms with van der Waals surface area (Å²) >= 11 is 1.37. The lowest BCUT2D eigenvalue weighted by Gasteiger charge is -2.11. The fourth-order valence-corrected chi connectivity index (χ4v) is 3.72. The topological polar surface area (TPSA) is 72.7 Å².